The van der Waals surface area contributed by atoms with Crippen molar-refractivity contribution in [2.45, 2.75) is 25.5 Å². The Bertz CT molecular complexity index is 425. The van der Waals surface area contributed by atoms with Gasteiger partial charge in [-0.3, -0.25) is 4.79 Å². The van der Waals surface area contributed by atoms with Gasteiger partial charge in [-0.15, -0.1) is 0 Å². The maximum atomic E-state index is 12.0. The molecular formula is C15H22N2O3. The predicted octanol–water partition coefficient (Wildman–Crippen LogP) is 1.16. The molecule has 1 heterocycles. The molecule has 5 nitrogen and oxygen atoms in total. The lowest BCUT2D eigenvalue weighted by Crippen LogP contribution is -2.42. The molecule has 0 saturated carbocycles. The summed E-state index contributed by atoms with van der Waals surface area (Å²) in [7, 11) is 1.72. The first-order valence-corrected chi connectivity index (χ1v) is 6.95. The number of methoxy groups -OCH3 is 1. The van der Waals surface area contributed by atoms with Crippen molar-refractivity contribution >= 4 is 5.91 Å². The first-order valence-electron chi connectivity index (χ1n) is 6.95. The zero-order chi connectivity index (χ0) is 14.4. The molecule has 1 fully saturated rings. The molecule has 0 aliphatic carbocycles. The molecule has 0 unspecified atom stereocenters. The Balaban J connectivity index is 1.77. The van der Waals surface area contributed by atoms with Crippen molar-refractivity contribution in [2.24, 2.45) is 5.73 Å². The Morgan fingerprint density at radius 3 is 2.50 bits per heavy atom. The standard InChI is InChI=1S/C15H22N2O3/c1-19-13-6-8-17(9-7-13)15(18)11-20-14-4-2-12(10-16)3-5-14/h2-5,13H,6-11,16H2,1H3. The van der Waals surface area contributed by atoms with Gasteiger partial charge in [-0.1, -0.05) is 12.1 Å². The highest BCUT2D eigenvalue weighted by Crippen LogP contribution is 2.15. The van der Waals surface area contributed by atoms with E-state index < -0.39 is 0 Å². The second-order valence-electron chi connectivity index (χ2n) is 4.95. The highest BCUT2D eigenvalue weighted by molar-refractivity contribution is 5.77. The third-order valence-electron chi connectivity index (χ3n) is 3.65. The summed E-state index contributed by atoms with van der Waals surface area (Å²) in [6, 6.07) is 7.49. The van der Waals surface area contributed by atoms with Crippen LogP contribution in [0.4, 0.5) is 0 Å². The fraction of sp³-hybridized carbons (Fsp3) is 0.533. The zero-order valence-corrected chi connectivity index (χ0v) is 11.9. The Hall–Kier alpha value is -1.59. The normalized spacial score (nSPS) is 16.2. The van der Waals surface area contributed by atoms with E-state index in [0.717, 1.165) is 31.5 Å². The van der Waals surface area contributed by atoms with Crippen molar-refractivity contribution in [1.82, 2.24) is 4.90 Å². The smallest absolute Gasteiger partial charge is 0.260 e. The first kappa shape index (κ1) is 14.8. The van der Waals surface area contributed by atoms with Crippen LogP contribution >= 0.6 is 0 Å². The molecule has 0 radical (unpaired) electrons. The van der Waals surface area contributed by atoms with Crippen LogP contribution in [0.3, 0.4) is 0 Å². The van der Waals surface area contributed by atoms with E-state index in [4.69, 9.17) is 15.2 Å². The van der Waals surface area contributed by atoms with Crippen molar-refractivity contribution in [3.63, 3.8) is 0 Å². The average molecular weight is 278 g/mol. The number of hydrogen-bond donors (Lipinski definition) is 1. The quantitative estimate of drug-likeness (QED) is 0.878. The average Bonchev–Trinajstić information content (AvgIpc) is 2.53. The summed E-state index contributed by atoms with van der Waals surface area (Å²) in [4.78, 5) is 13.9. The molecule has 1 aromatic carbocycles. The zero-order valence-electron chi connectivity index (χ0n) is 11.9. The van der Waals surface area contributed by atoms with Crippen LogP contribution in [0.1, 0.15) is 18.4 Å². The van der Waals surface area contributed by atoms with Crippen LogP contribution in [0.5, 0.6) is 5.75 Å². The van der Waals surface area contributed by atoms with Crippen molar-refractivity contribution in [3.05, 3.63) is 29.8 Å². The summed E-state index contributed by atoms with van der Waals surface area (Å²) >= 11 is 0. The number of piperidine rings is 1. The van der Waals surface area contributed by atoms with E-state index in [1.54, 1.807) is 7.11 Å². The third kappa shape index (κ3) is 3.95. The van der Waals surface area contributed by atoms with Gasteiger partial charge in [0.1, 0.15) is 5.75 Å². The minimum atomic E-state index is 0.0301. The van der Waals surface area contributed by atoms with Gasteiger partial charge in [0.05, 0.1) is 6.10 Å². The molecular weight excluding hydrogens is 256 g/mol. The number of carbonyl (C=O) groups is 1. The second kappa shape index (κ2) is 7.26. The second-order valence-corrected chi connectivity index (χ2v) is 4.95. The van der Waals surface area contributed by atoms with Gasteiger partial charge >= 0.3 is 0 Å². The molecule has 1 aliphatic heterocycles. The summed E-state index contributed by atoms with van der Waals surface area (Å²) in [5, 5.41) is 0. The summed E-state index contributed by atoms with van der Waals surface area (Å²) in [6.07, 6.45) is 2.07. The van der Waals surface area contributed by atoms with E-state index in [1.807, 2.05) is 29.2 Å². The van der Waals surface area contributed by atoms with Crippen LogP contribution in [0, 0.1) is 0 Å². The molecule has 1 aromatic rings. The maximum Gasteiger partial charge on any atom is 0.260 e. The predicted molar refractivity (Wildman–Crippen MR) is 76.4 cm³/mol. The molecule has 1 aliphatic rings. The van der Waals surface area contributed by atoms with Crippen molar-refractivity contribution in [1.29, 1.82) is 0 Å². The molecule has 2 N–H and O–H groups in total. The largest absolute Gasteiger partial charge is 0.484 e. The maximum absolute atomic E-state index is 12.0. The van der Waals surface area contributed by atoms with Crippen LogP contribution in [-0.2, 0) is 16.1 Å². The van der Waals surface area contributed by atoms with E-state index in [1.165, 1.54) is 0 Å². The number of amides is 1. The molecule has 0 aromatic heterocycles. The van der Waals surface area contributed by atoms with Crippen LogP contribution in [0.25, 0.3) is 0 Å². The van der Waals surface area contributed by atoms with E-state index >= 15 is 0 Å². The number of rotatable bonds is 5. The van der Waals surface area contributed by atoms with E-state index in [0.29, 0.717) is 12.3 Å². The number of likely N-dealkylation sites (tertiary alicyclic amines) is 1. The van der Waals surface area contributed by atoms with Gasteiger partial charge in [0, 0.05) is 26.7 Å². The van der Waals surface area contributed by atoms with E-state index in [2.05, 4.69) is 0 Å². The Morgan fingerprint density at radius 1 is 1.30 bits per heavy atom. The van der Waals surface area contributed by atoms with Gasteiger partial charge in [-0.2, -0.15) is 0 Å². The van der Waals surface area contributed by atoms with Crippen molar-refractivity contribution < 1.29 is 14.3 Å². The van der Waals surface area contributed by atoms with Crippen LogP contribution < -0.4 is 10.5 Å². The van der Waals surface area contributed by atoms with Gasteiger partial charge in [-0.25, -0.2) is 0 Å². The number of benzene rings is 1. The molecule has 5 heteroatoms. The van der Waals surface area contributed by atoms with E-state index in [9.17, 15) is 4.79 Å². The van der Waals surface area contributed by atoms with E-state index in [-0.39, 0.29) is 18.6 Å². The SMILES string of the molecule is COC1CCN(C(=O)COc2ccc(CN)cc2)CC1. The summed E-state index contributed by atoms with van der Waals surface area (Å²) < 4.78 is 10.8. The van der Waals surface area contributed by atoms with Gasteiger partial charge in [-0.05, 0) is 30.5 Å². The summed E-state index contributed by atoms with van der Waals surface area (Å²) in [6.45, 7) is 2.08. The van der Waals surface area contributed by atoms with Crippen LogP contribution in [-0.4, -0.2) is 43.7 Å². The van der Waals surface area contributed by atoms with Crippen molar-refractivity contribution in [2.75, 3.05) is 26.8 Å². The van der Waals surface area contributed by atoms with Gasteiger partial charge in [0.25, 0.3) is 5.91 Å². The lowest BCUT2D eigenvalue weighted by atomic mass is 10.1. The number of carbonyl (C=O) groups excluding carboxylic acids is 1. The molecule has 20 heavy (non-hydrogen) atoms. The van der Waals surface area contributed by atoms with Crippen molar-refractivity contribution in [3.8, 4) is 5.75 Å². The highest BCUT2D eigenvalue weighted by atomic mass is 16.5. The molecule has 110 valence electrons. The Morgan fingerprint density at radius 2 is 1.95 bits per heavy atom. The number of ether oxygens (including phenoxy) is 2. The number of nitrogens with zero attached hydrogens (tertiary/aromatic N) is 1. The molecule has 0 spiro atoms. The minimum Gasteiger partial charge on any atom is -0.484 e. The lowest BCUT2D eigenvalue weighted by Gasteiger charge is -2.31. The van der Waals surface area contributed by atoms with Gasteiger partial charge in [0.2, 0.25) is 0 Å². The molecule has 1 amide bonds. The van der Waals surface area contributed by atoms with Gasteiger partial charge < -0.3 is 20.1 Å². The summed E-state index contributed by atoms with van der Waals surface area (Å²) in [5.41, 5.74) is 6.58. The topological polar surface area (TPSA) is 64.8 Å². The molecule has 0 bridgehead atoms. The third-order valence-corrected chi connectivity index (χ3v) is 3.65. The molecule has 0 atom stereocenters. The lowest BCUT2D eigenvalue weighted by molar-refractivity contribution is -0.135. The Labute approximate surface area is 119 Å². The summed E-state index contributed by atoms with van der Waals surface area (Å²) in [5.74, 6) is 0.727. The fourth-order valence-electron chi connectivity index (χ4n) is 2.30. The minimum absolute atomic E-state index is 0.0301. The highest BCUT2D eigenvalue weighted by Gasteiger charge is 2.22. The fourth-order valence-corrected chi connectivity index (χ4v) is 2.30. The van der Waals surface area contributed by atoms with Crippen LogP contribution in [0.15, 0.2) is 24.3 Å². The first-order chi connectivity index (χ1) is 9.72. The monoisotopic (exact) mass is 278 g/mol. The molecule has 2 rings (SSSR count). The molecule has 1 saturated heterocycles. The van der Waals surface area contributed by atoms with Gasteiger partial charge in [0.15, 0.2) is 6.61 Å². The number of nitrogens with two attached hydrogens (primary N) is 1. The van der Waals surface area contributed by atoms with Crippen LogP contribution in [0.2, 0.25) is 0 Å². The Kier molecular flexibility index (Phi) is 5.38. The number of hydrogen-bond acceptors (Lipinski definition) is 4.